The summed E-state index contributed by atoms with van der Waals surface area (Å²) in [5.74, 6) is -0.0627. The summed E-state index contributed by atoms with van der Waals surface area (Å²) in [6.45, 7) is 0. The zero-order chi connectivity index (χ0) is 13.1. The molecule has 1 aliphatic rings. The molecule has 0 aliphatic carbocycles. The summed E-state index contributed by atoms with van der Waals surface area (Å²) in [7, 11) is 3.41. The number of rotatable bonds is 2. The van der Waals surface area contributed by atoms with Gasteiger partial charge in [0.15, 0.2) is 0 Å². The number of nitrogens with one attached hydrogen (secondary N) is 1. The van der Waals surface area contributed by atoms with Gasteiger partial charge in [0.25, 0.3) is 0 Å². The largest absolute Gasteiger partial charge is 0.359 e. The van der Waals surface area contributed by atoms with Crippen molar-refractivity contribution in [1.82, 2.24) is 10.2 Å². The lowest BCUT2D eigenvalue weighted by atomic mass is 9.84. The van der Waals surface area contributed by atoms with Gasteiger partial charge in [-0.3, -0.25) is 9.59 Å². The topological polar surface area (TPSA) is 49.4 Å². The number of piperidine rings is 1. The van der Waals surface area contributed by atoms with Crippen LogP contribution in [-0.4, -0.2) is 30.8 Å². The molecule has 2 amide bonds. The summed E-state index contributed by atoms with van der Waals surface area (Å²) in [4.78, 5) is 25.5. The maximum atomic E-state index is 12.0. The minimum Gasteiger partial charge on any atom is -0.359 e. The third-order valence-electron chi connectivity index (χ3n) is 3.59. The number of hydrogen-bond donors (Lipinski definition) is 1. The molecular weight excluding hydrogens is 228 g/mol. The standard InChI is InChI=1S/C14H18N2O2/c1-15-14(18)11-8-9-12(17)16(2)13(11)10-6-4-3-5-7-10/h3-7,11,13H,8-9H2,1-2H3,(H,15,18)/t11-,13+/m0/s1. The second kappa shape index (κ2) is 5.21. The van der Waals surface area contributed by atoms with Gasteiger partial charge in [0.1, 0.15) is 0 Å². The Balaban J connectivity index is 2.35. The van der Waals surface area contributed by atoms with Gasteiger partial charge in [-0.05, 0) is 12.0 Å². The van der Waals surface area contributed by atoms with Crippen LogP contribution in [0.5, 0.6) is 0 Å². The number of hydrogen-bond acceptors (Lipinski definition) is 2. The van der Waals surface area contributed by atoms with Crippen molar-refractivity contribution in [2.45, 2.75) is 18.9 Å². The monoisotopic (exact) mass is 246 g/mol. The van der Waals surface area contributed by atoms with E-state index >= 15 is 0 Å². The van der Waals surface area contributed by atoms with Crippen molar-refractivity contribution >= 4 is 11.8 Å². The van der Waals surface area contributed by atoms with Gasteiger partial charge >= 0.3 is 0 Å². The first-order valence-corrected chi connectivity index (χ1v) is 6.17. The Labute approximate surface area is 107 Å². The van der Waals surface area contributed by atoms with Crippen LogP contribution < -0.4 is 5.32 Å². The molecule has 1 N–H and O–H groups in total. The second-order valence-electron chi connectivity index (χ2n) is 4.62. The molecule has 96 valence electrons. The molecule has 1 aliphatic heterocycles. The molecule has 0 radical (unpaired) electrons. The van der Waals surface area contributed by atoms with Gasteiger partial charge in [-0.1, -0.05) is 30.3 Å². The van der Waals surface area contributed by atoms with Crippen LogP contribution in [0.3, 0.4) is 0 Å². The van der Waals surface area contributed by atoms with Gasteiger partial charge in [0.05, 0.1) is 12.0 Å². The molecule has 1 saturated heterocycles. The number of benzene rings is 1. The molecule has 1 aromatic carbocycles. The van der Waals surface area contributed by atoms with Gasteiger partial charge < -0.3 is 10.2 Å². The summed E-state index contributed by atoms with van der Waals surface area (Å²) in [5, 5.41) is 2.69. The highest BCUT2D eigenvalue weighted by Crippen LogP contribution is 2.35. The molecular formula is C14H18N2O2. The smallest absolute Gasteiger partial charge is 0.225 e. The van der Waals surface area contributed by atoms with E-state index in [1.807, 2.05) is 30.3 Å². The normalized spacial score (nSPS) is 23.9. The highest BCUT2D eigenvalue weighted by Gasteiger charge is 2.38. The van der Waals surface area contributed by atoms with Crippen LogP contribution in [0.15, 0.2) is 30.3 Å². The van der Waals surface area contributed by atoms with E-state index in [4.69, 9.17) is 0 Å². The Hall–Kier alpha value is -1.84. The van der Waals surface area contributed by atoms with Crippen LogP contribution in [-0.2, 0) is 9.59 Å². The van der Waals surface area contributed by atoms with E-state index in [0.717, 1.165) is 5.56 Å². The molecule has 0 bridgehead atoms. The van der Waals surface area contributed by atoms with Crippen LogP contribution in [0.4, 0.5) is 0 Å². The molecule has 1 aromatic rings. The first-order valence-electron chi connectivity index (χ1n) is 6.17. The van der Waals surface area contributed by atoms with E-state index in [2.05, 4.69) is 5.32 Å². The second-order valence-corrected chi connectivity index (χ2v) is 4.62. The molecule has 2 rings (SSSR count). The van der Waals surface area contributed by atoms with Crippen molar-refractivity contribution < 1.29 is 9.59 Å². The van der Waals surface area contributed by atoms with Gasteiger partial charge in [0.2, 0.25) is 11.8 Å². The molecule has 18 heavy (non-hydrogen) atoms. The highest BCUT2D eigenvalue weighted by molar-refractivity contribution is 5.84. The molecule has 0 spiro atoms. The first kappa shape index (κ1) is 12.6. The first-order chi connectivity index (χ1) is 8.65. The van der Waals surface area contributed by atoms with E-state index in [-0.39, 0.29) is 23.8 Å². The Kier molecular flexibility index (Phi) is 3.65. The molecule has 4 heteroatoms. The summed E-state index contributed by atoms with van der Waals surface area (Å²) in [6.07, 6.45) is 1.06. The molecule has 2 atom stereocenters. The SMILES string of the molecule is CNC(=O)[C@H]1CCC(=O)N(C)[C@@H]1c1ccccc1. The fraction of sp³-hybridized carbons (Fsp3) is 0.429. The van der Waals surface area contributed by atoms with Gasteiger partial charge in [-0.15, -0.1) is 0 Å². The maximum absolute atomic E-state index is 12.0. The molecule has 4 nitrogen and oxygen atoms in total. The van der Waals surface area contributed by atoms with Crippen molar-refractivity contribution in [3.63, 3.8) is 0 Å². The Bertz CT molecular complexity index is 444. The molecule has 0 aromatic heterocycles. The quantitative estimate of drug-likeness (QED) is 0.856. The number of likely N-dealkylation sites (tertiary alicyclic amines) is 1. The van der Waals surface area contributed by atoms with Gasteiger partial charge in [-0.2, -0.15) is 0 Å². The molecule has 0 saturated carbocycles. The van der Waals surface area contributed by atoms with E-state index in [1.165, 1.54) is 0 Å². The molecule has 0 unspecified atom stereocenters. The van der Waals surface area contributed by atoms with Gasteiger partial charge in [0, 0.05) is 20.5 Å². The van der Waals surface area contributed by atoms with E-state index in [1.54, 1.807) is 19.0 Å². The summed E-state index contributed by atoms with van der Waals surface area (Å²) < 4.78 is 0. The average molecular weight is 246 g/mol. The fourth-order valence-electron chi connectivity index (χ4n) is 2.60. The van der Waals surface area contributed by atoms with E-state index in [9.17, 15) is 9.59 Å². The zero-order valence-electron chi connectivity index (χ0n) is 10.7. The van der Waals surface area contributed by atoms with Crippen molar-refractivity contribution in [1.29, 1.82) is 0 Å². The minimum atomic E-state index is -0.167. The highest BCUT2D eigenvalue weighted by atomic mass is 16.2. The van der Waals surface area contributed by atoms with Crippen molar-refractivity contribution in [2.24, 2.45) is 5.92 Å². The van der Waals surface area contributed by atoms with Crippen LogP contribution in [0, 0.1) is 5.92 Å². The van der Waals surface area contributed by atoms with Crippen molar-refractivity contribution in [3.05, 3.63) is 35.9 Å². The molecule has 1 fully saturated rings. The number of nitrogens with zero attached hydrogens (tertiary/aromatic N) is 1. The van der Waals surface area contributed by atoms with E-state index in [0.29, 0.717) is 12.8 Å². The predicted octanol–water partition coefficient (Wildman–Crippen LogP) is 1.34. The van der Waals surface area contributed by atoms with Crippen molar-refractivity contribution in [3.8, 4) is 0 Å². The lowest BCUT2D eigenvalue weighted by Gasteiger charge is -2.38. The summed E-state index contributed by atoms with van der Waals surface area (Å²) in [5.41, 5.74) is 1.02. The lowest BCUT2D eigenvalue weighted by Crippen LogP contribution is -2.45. The number of amides is 2. The van der Waals surface area contributed by atoms with Crippen LogP contribution in [0.1, 0.15) is 24.4 Å². The predicted molar refractivity (Wildman–Crippen MR) is 68.7 cm³/mol. The number of carbonyl (C=O) groups is 2. The summed E-state index contributed by atoms with van der Waals surface area (Å²) >= 11 is 0. The maximum Gasteiger partial charge on any atom is 0.225 e. The Morgan fingerprint density at radius 2 is 2.00 bits per heavy atom. The number of carbonyl (C=O) groups excluding carboxylic acids is 2. The molecule has 1 heterocycles. The lowest BCUT2D eigenvalue weighted by molar-refractivity contribution is -0.141. The average Bonchev–Trinajstić information content (AvgIpc) is 2.41. The summed E-state index contributed by atoms with van der Waals surface area (Å²) in [6, 6.07) is 9.58. The Morgan fingerprint density at radius 3 is 2.61 bits per heavy atom. The zero-order valence-corrected chi connectivity index (χ0v) is 10.7. The van der Waals surface area contributed by atoms with Crippen LogP contribution >= 0.6 is 0 Å². The van der Waals surface area contributed by atoms with Crippen LogP contribution in [0.2, 0.25) is 0 Å². The van der Waals surface area contributed by atoms with Crippen LogP contribution in [0.25, 0.3) is 0 Å². The third kappa shape index (κ3) is 2.23. The third-order valence-corrected chi connectivity index (χ3v) is 3.59. The van der Waals surface area contributed by atoms with Crippen molar-refractivity contribution in [2.75, 3.05) is 14.1 Å². The fourth-order valence-corrected chi connectivity index (χ4v) is 2.60. The Morgan fingerprint density at radius 1 is 1.33 bits per heavy atom. The van der Waals surface area contributed by atoms with Gasteiger partial charge in [-0.25, -0.2) is 0 Å². The van der Waals surface area contributed by atoms with E-state index < -0.39 is 0 Å². The minimum absolute atomic E-state index is 0.00297.